The average Bonchev–Trinajstić information content (AvgIpc) is 2.37. The van der Waals surface area contributed by atoms with Crippen molar-refractivity contribution in [2.24, 2.45) is 11.3 Å². The Kier molecular flexibility index (Phi) is 3.45. The van der Waals surface area contributed by atoms with E-state index in [2.05, 4.69) is 12.1 Å². The first-order valence-electron chi connectivity index (χ1n) is 7.51. The van der Waals surface area contributed by atoms with Crippen molar-refractivity contribution < 1.29 is 14.3 Å². The maximum absolute atomic E-state index is 12.1. The maximum Gasteiger partial charge on any atom is 0.309 e. The van der Waals surface area contributed by atoms with Crippen molar-refractivity contribution in [3.63, 3.8) is 0 Å². The molecule has 2 atom stereocenters. The van der Waals surface area contributed by atoms with Gasteiger partial charge in [-0.15, -0.1) is 0 Å². The van der Waals surface area contributed by atoms with Gasteiger partial charge in [-0.1, -0.05) is 18.6 Å². The summed E-state index contributed by atoms with van der Waals surface area (Å²) in [5.74, 6) is 1.22. The largest absolute Gasteiger partial charge is 0.497 e. The first-order chi connectivity index (χ1) is 9.70. The van der Waals surface area contributed by atoms with E-state index >= 15 is 0 Å². The van der Waals surface area contributed by atoms with E-state index in [9.17, 15) is 4.79 Å². The predicted octanol–water partition coefficient (Wildman–Crippen LogP) is 3.53. The Morgan fingerprint density at radius 1 is 1.30 bits per heavy atom. The molecule has 20 heavy (non-hydrogen) atoms. The van der Waals surface area contributed by atoms with Crippen LogP contribution in [-0.4, -0.2) is 19.7 Å². The zero-order valence-corrected chi connectivity index (χ0v) is 12.2. The molecule has 3 heteroatoms. The highest BCUT2D eigenvalue weighted by molar-refractivity contribution is 5.76. The molecule has 2 aliphatic rings. The van der Waals surface area contributed by atoms with Crippen LogP contribution < -0.4 is 4.74 Å². The van der Waals surface area contributed by atoms with Crippen LogP contribution in [0, 0.1) is 11.3 Å². The van der Waals surface area contributed by atoms with Gasteiger partial charge in [-0.3, -0.25) is 4.79 Å². The average molecular weight is 274 g/mol. The van der Waals surface area contributed by atoms with Gasteiger partial charge in [0.25, 0.3) is 0 Å². The van der Waals surface area contributed by atoms with Gasteiger partial charge in [0.05, 0.1) is 19.6 Å². The summed E-state index contributed by atoms with van der Waals surface area (Å²) in [6, 6.07) is 8.19. The molecule has 0 amide bonds. The van der Waals surface area contributed by atoms with Crippen molar-refractivity contribution in [3.05, 3.63) is 29.8 Å². The molecule has 0 N–H and O–H groups in total. The smallest absolute Gasteiger partial charge is 0.309 e. The molecule has 0 aliphatic heterocycles. The van der Waals surface area contributed by atoms with E-state index in [1.165, 1.54) is 24.8 Å². The Bertz CT molecular complexity index is 487. The summed E-state index contributed by atoms with van der Waals surface area (Å²) in [6.07, 6.45) is 4.80. The van der Waals surface area contributed by atoms with Crippen LogP contribution in [0.1, 0.15) is 44.1 Å². The standard InChI is InChI=1S/C17H22O3/c1-3-20-16(18)14-11-17(9-4-10-17)15(14)12-5-7-13(19-2)8-6-12/h5-8,14-15H,3-4,9-11H2,1-2H3. The van der Waals surface area contributed by atoms with Crippen LogP contribution in [0.15, 0.2) is 24.3 Å². The third kappa shape index (κ3) is 2.00. The molecule has 0 saturated heterocycles. The summed E-state index contributed by atoms with van der Waals surface area (Å²) < 4.78 is 10.5. The van der Waals surface area contributed by atoms with Crippen LogP contribution in [0.3, 0.4) is 0 Å². The molecule has 1 spiro atoms. The molecular formula is C17H22O3. The van der Waals surface area contributed by atoms with Crippen LogP contribution in [0.25, 0.3) is 0 Å². The Morgan fingerprint density at radius 2 is 2.00 bits per heavy atom. The van der Waals surface area contributed by atoms with Crippen molar-refractivity contribution in [3.8, 4) is 5.75 Å². The highest BCUT2D eigenvalue weighted by Gasteiger charge is 2.59. The van der Waals surface area contributed by atoms with Crippen LogP contribution >= 0.6 is 0 Å². The molecule has 1 aromatic carbocycles. The van der Waals surface area contributed by atoms with Gasteiger partial charge in [-0.25, -0.2) is 0 Å². The van der Waals surface area contributed by atoms with Crippen LogP contribution in [0.4, 0.5) is 0 Å². The Morgan fingerprint density at radius 3 is 2.50 bits per heavy atom. The number of hydrogen-bond acceptors (Lipinski definition) is 3. The third-order valence-electron chi connectivity index (χ3n) is 5.10. The summed E-state index contributed by atoms with van der Waals surface area (Å²) in [5.41, 5.74) is 1.63. The van der Waals surface area contributed by atoms with Crippen molar-refractivity contribution >= 4 is 5.97 Å². The minimum absolute atomic E-state index is 0.0224. The number of hydrogen-bond donors (Lipinski definition) is 0. The summed E-state index contributed by atoms with van der Waals surface area (Å²) in [7, 11) is 1.67. The summed E-state index contributed by atoms with van der Waals surface area (Å²) in [6.45, 7) is 2.34. The molecule has 3 rings (SSSR count). The number of ether oxygens (including phenoxy) is 2. The molecule has 0 radical (unpaired) electrons. The number of carbonyl (C=O) groups is 1. The molecular weight excluding hydrogens is 252 g/mol. The van der Waals surface area contributed by atoms with Gasteiger partial charge in [0.1, 0.15) is 5.75 Å². The zero-order valence-electron chi connectivity index (χ0n) is 12.2. The van der Waals surface area contributed by atoms with Gasteiger partial charge >= 0.3 is 5.97 Å². The SMILES string of the molecule is CCOC(=O)C1CC2(CCC2)C1c1ccc(OC)cc1. The van der Waals surface area contributed by atoms with Crippen LogP contribution in [0.2, 0.25) is 0 Å². The van der Waals surface area contributed by atoms with Crippen molar-refractivity contribution in [1.82, 2.24) is 0 Å². The molecule has 2 saturated carbocycles. The van der Waals surface area contributed by atoms with Crippen LogP contribution in [0.5, 0.6) is 5.75 Å². The second kappa shape index (κ2) is 5.12. The highest BCUT2D eigenvalue weighted by Crippen LogP contribution is 2.67. The van der Waals surface area contributed by atoms with Crippen LogP contribution in [-0.2, 0) is 9.53 Å². The van der Waals surface area contributed by atoms with E-state index in [1.54, 1.807) is 7.11 Å². The molecule has 2 aliphatic carbocycles. The lowest BCUT2D eigenvalue weighted by Crippen LogP contribution is -2.53. The summed E-state index contributed by atoms with van der Waals surface area (Å²) >= 11 is 0. The lowest BCUT2D eigenvalue weighted by molar-refractivity contribution is -0.165. The number of rotatable bonds is 4. The van der Waals surface area contributed by atoms with Crippen molar-refractivity contribution in [2.75, 3.05) is 13.7 Å². The van der Waals surface area contributed by atoms with E-state index in [0.29, 0.717) is 17.9 Å². The third-order valence-corrected chi connectivity index (χ3v) is 5.10. The Balaban J connectivity index is 1.83. The van der Waals surface area contributed by atoms with Crippen molar-refractivity contribution in [2.45, 2.75) is 38.5 Å². The quantitative estimate of drug-likeness (QED) is 0.788. The summed E-state index contributed by atoms with van der Waals surface area (Å²) in [5, 5.41) is 0. The van der Waals surface area contributed by atoms with E-state index in [4.69, 9.17) is 9.47 Å². The Hall–Kier alpha value is -1.51. The molecule has 108 valence electrons. The molecule has 0 aromatic heterocycles. The van der Waals surface area contributed by atoms with Gasteiger partial charge in [0.15, 0.2) is 0 Å². The molecule has 3 nitrogen and oxygen atoms in total. The van der Waals surface area contributed by atoms with Gasteiger partial charge in [0, 0.05) is 5.92 Å². The normalized spacial score (nSPS) is 26.5. The molecule has 0 heterocycles. The minimum Gasteiger partial charge on any atom is -0.497 e. The van der Waals surface area contributed by atoms with Gasteiger partial charge in [-0.2, -0.15) is 0 Å². The van der Waals surface area contributed by atoms with E-state index in [-0.39, 0.29) is 11.9 Å². The lowest BCUT2D eigenvalue weighted by atomic mass is 9.44. The second-order valence-corrected chi connectivity index (χ2v) is 6.03. The zero-order chi connectivity index (χ0) is 14.2. The fourth-order valence-corrected chi connectivity index (χ4v) is 3.96. The number of methoxy groups -OCH3 is 1. The lowest BCUT2D eigenvalue weighted by Gasteiger charge is -2.60. The maximum atomic E-state index is 12.1. The summed E-state index contributed by atoms with van der Waals surface area (Å²) in [4.78, 5) is 12.1. The van der Waals surface area contributed by atoms with Gasteiger partial charge < -0.3 is 9.47 Å². The van der Waals surface area contributed by atoms with Gasteiger partial charge in [-0.05, 0) is 49.3 Å². The fraction of sp³-hybridized carbons (Fsp3) is 0.588. The monoisotopic (exact) mass is 274 g/mol. The topological polar surface area (TPSA) is 35.5 Å². The number of carbonyl (C=O) groups excluding carboxylic acids is 1. The van der Waals surface area contributed by atoms with Crippen molar-refractivity contribution in [1.29, 1.82) is 0 Å². The first-order valence-corrected chi connectivity index (χ1v) is 7.51. The molecule has 2 fully saturated rings. The molecule has 1 aromatic rings. The Labute approximate surface area is 120 Å². The van der Waals surface area contributed by atoms with E-state index < -0.39 is 0 Å². The predicted molar refractivity (Wildman–Crippen MR) is 76.8 cm³/mol. The number of esters is 1. The molecule has 2 unspecified atom stereocenters. The minimum atomic E-state index is -0.0224. The fourth-order valence-electron chi connectivity index (χ4n) is 3.96. The second-order valence-electron chi connectivity index (χ2n) is 6.03. The first kappa shape index (κ1) is 13.5. The van der Waals surface area contributed by atoms with E-state index in [1.807, 2.05) is 19.1 Å². The number of benzene rings is 1. The van der Waals surface area contributed by atoms with E-state index in [0.717, 1.165) is 12.2 Å². The molecule has 0 bridgehead atoms. The van der Waals surface area contributed by atoms with Gasteiger partial charge in [0.2, 0.25) is 0 Å². The highest BCUT2D eigenvalue weighted by atomic mass is 16.5.